The van der Waals surface area contributed by atoms with Crippen LogP contribution in [-0.4, -0.2) is 53.9 Å². The van der Waals surface area contributed by atoms with Crippen LogP contribution in [0.5, 0.6) is 11.5 Å². The number of anilines is 1. The number of aliphatic hydroxyl groups is 1. The number of carbonyl (C=O) groups is 2. The fourth-order valence-electron chi connectivity index (χ4n) is 5.36. The maximum absolute atomic E-state index is 15.3. The zero-order valence-corrected chi connectivity index (χ0v) is 23.2. The molecule has 2 N–H and O–H groups in total. The number of hydrogen-bond donors (Lipinski definition) is 2. The van der Waals surface area contributed by atoms with E-state index >= 15 is 8.78 Å². The van der Waals surface area contributed by atoms with Crippen molar-refractivity contribution < 1.29 is 41.7 Å². The van der Waals surface area contributed by atoms with Crippen LogP contribution in [0.4, 0.5) is 23.2 Å². The molecule has 1 saturated carbocycles. The van der Waals surface area contributed by atoms with E-state index in [9.17, 15) is 28.3 Å². The van der Waals surface area contributed by atoms with Crippen LogP contribution in [0.25, 0.3) is 0 Å². The summed E-state index contributed by atoms with van der Waals surface area (Å²) in [5, 5.41) is 12.9. The number of nitrogens with zero attached hydrogens (tertiary/aromatic N) is 2. The van der Waals surface area contributed by atoms with E-state index in [1.165, 1.54) is 30.0 Å². The second-order valence-corrected chi connectivity index (χ2v) is 10.6. The fourth-order valence-corrected chi connectivity index (χ4v) is 5.36. The van der Waals surface area contributed by atoms with Gasteiger partial charge in [-0.25, -0.2) is 8.78 Å². The molecule has 3 aromatic rings. The van der Waals surface area contributed by atoms with E-state index in [1.807, 2.05) is 0 Å². The Hall–Kier alpha value is -4.39. The zero-order chi connectivity index (χ0) is 31.0. The summed E-state index contributed by atoms with van der Waals surface area (Å²) in [7, 11) is 1.23. The molecular formula is C30H29F4N3O6. The maximum atomic E-state index is 15.3. The molecule has 2 amide bonds. The number of nitrogens with one attached hydrogen (secondary N) is 1. The molecule has 2 aromatic carbocycles. The highest BCUT2D eigenvalue weighted by molar-refractivity contribution is 6.05. The number of aromatic nitrogens is 1. The number of amides is 2. The summed E-state index contributed by atoms with van der Waals surface area (Å²) in [6.07, 6.45) is 2.46. The van der Waals surface area contributed by atoms with Crippen LogP contribution in [0.2, 0.25) is 0 Å². The van der Waals surface area contributed by atoms with Crippen LogP contribution < -0.4 is 25.2 Å². The van der Waals surface area contributed by atoms with Gasteiger partial charge in [0.2, 0.25) is 5.91 Å². The van der Waals surface area contributed by atoms with E-state index in [4.69, 9.17) is 4.74 Å². The number of halogens is 4. The van der Waals surface area contributed by atoms with Crippen molar-refractivity contribution >= 4 is 17.5 Å². The number of rotatable bonds is 10. The first kappa shape index (κ1) is 30.1. The Labute approximate surface area is 243 Å². The molecule has 43 heavy (non-hydrogen) atoms. The van der Waals surface area contributed by atoms with Crippen LogP contribution >= 0.6 is 0 Å². The van der Waals surface area contributed by atoms with Gasteiger partial charge >= 0.3 is 6.61 Å². The number of aryl methyl sites for hydroxylation is 1. The quantitative estimate of drug-likeness (QED) is 0.342. The SMILES string of the molecule is COc1cc(F)c([C@@H]2CN(c3c(C)ccn(CC(O)C4CC4)c3=O)C(=O)[C@H]2NC(=O)c2ccc(OC(F)F)cc2)c(F)c1. The minimum atomic E-state index is -3.07. The zero-order valence-electron chi connectivity index (χ0n) is 23.2. The number of benzene rings is 2. The van der Waals surface area contributed by atoms with Crippen LogP contribution in [-0.2, 0) is 11.3 Å². The smallest absolute Gasteiger partial charge is 0.387 e. The lowest BCUT2D eigenvalue weighted by molar-refractivity contribution is -0.118. The highest BCUT2D eigenvalue weighted by Crippen LogP contribution is 2.37. The van der Waals surface area contributed by atoms with Crippen molar-refractivity contribution in [2.24, 2.45) is 5.92 Å². The highest BCUT2D eigenvalue weighted by Gasteiger charge is 2.46. The lowest BCUT2D eigenvalue weighted by atomic mass is 9.92. The third-order valence-corrected chi connectivity index (χ3v) is 7.76. The number of hydrogen-bond acceptors (Lipinski definition) is 6. The standard InChI is InChI=1S/C30H29F4N3O6/c1-15-9-10-36(14-23(38)16-3-4-16)29(41)26(15)37-13-20(24-21(31)11-19(42-2)12-22(24)32)25(28(37)40)35-27(39)17-5-7-18(8-6-17)43-30(33)34/h5-12,16,20,23,25,30,38H,3-4,13-14H2,1-2H3,(H,35,39)/t20-,23?,25-/m0/s1. The monoisotopic (exact) mass is 603 g/mol. The molecule has 1 unspecified atom stereocenters. The van der Waals surface area contributed by atoms with Crippen LogP contribution in [0.3, 0.4) is 0 Å². The first-order valence-corrected chi connectivity index (χ1v) is 13.6. The van der Waals surface area contributed by atoms with Crippen molar-refractivity contribution in [1.82, 2.24) is 9.88 Å². The largest absolute Gasteiger partial charge is 0.497 e. The third-order valence-electron chi connectivity index (χ3n) is 7.76. The summed E-state index contributed by atoms with van der Waals surface area (Å²) >= 11 is 0. The van der Waals surface area contributed by atoms with Crippen LogP contribution in [0, 0.1) is 24.5 Å². The summed E-state index contributed by atoms with van der Waals surface area (Å²) in [5.41, 5.74) is -0.731. The van der Waals surface area contributed by atoms with E-state index in [0.717, 1.165) is 42.0 Å². The lowest BCUT2D eigenvalue weighted by Crippen LogP contribution is -2.45. The van der Waals surface area contributed by atoms with Crippen molar-refractivity contribution in [3.8, 4) is 11.5 Å². The molecule has 2 fully saturated rings. The van der Waals surface area contributed by atoms with Gasteiger partial charge in [-0.2, -0.15) is 8.78 Å². The number of aliphatic hydroxyl groups excluding tert-OH is 1. The molecule has 0 radical (unpaired) electrons. The van der Waals surface area contributed by atoms with Crippen molar-refractivity contribution in [3.05, 3.63) is 87.3 Å². The Morgan fingerprint density at radius 1 is 1.07 bits per heavy atom. The third kappa shape index (κ3) is 6.21. The van der Waals surface area contributed by atoms with Crippen molar-refractivity contribution in [3.63, 3.8) is 0 Å². The summed E-state index contributed by atoms with van der Waals surface area (Å²) in [6.45, 7) is -1.81. The number of methoxy groups -OCH3 is 1. The number of ether oxygens (including phenoxy) is 2. The molecule has 228 valence electrons. The minimum Gasteiger partial charge on any atom is -0.497 e. The molecule has 0 spiro atoms. The lowest BCUT2D eigenvalue weighted by Gasteiger charge is -2.21. The van der Waals surface area contributed by atoms with Gasteiger partial charge in [-0.15, -0.1) is 0 Å². The average Bonchev–Trinajstić information content (AvgIpc) is 3.77. The molecule has 9 nitrogen and oxygen atoms in total. The Morgan fingerprint density at radius 3 is 2.30 bits per heavy atom. The normalized spacial score (nSPS) is 19.1. The molecule has 1 aliphatic carbocycles. The van der Waals surface area contributed by atoms with Gasteiger partial charge in [0.25, 0.3) is 11.5 Å². The molecule has 2 heterocycles. The predicted molar refractivity (Wildman–Crippen MR) is 147 cm³/mol. The summed E-state index contributed by atoms with van der Waals surface area (Å²) in [4.78, 5) is 41.7. The van der Waals surface area contributed by atoms with Crippen molar-refractivity contribution in [2.45, 2.75) is 51.0 Å². The van der Waals surface area contributed by atoms with Crippen molar-refractivity contribution in [2.75, 3.05) is 18.6 Å². The maximum Gasteiger partial charge on any atom is 0.387 e. The van der Waals surface area contributed by atoms with Crippen LogP contribution in [0.15, 0.2) is 53.5 Å². The Balaban J connectivity index is 1.51. The summed E-state index contributed by atoms with van der Waals surface area (Å²) in [5.74, 6) is -5.11. The van der Waals surface area contributed by atoms with Gasteiger partial charge in [0.05, 0.1) is 19.8 Å². The van der Waals surface area contributed by atoms with Gasteiger partial charge in [0, 0.05) is 41.9 Å². The van der Waals surface area contributed by atoms with Crippen molar-refractivity contribution in [1.29, 1.82) is 0 Å². The van der Waals surface area contributed by atoms with E-state index in [1.54, 1.807) is 13.0 Å². The average molecular weight is 604 g/mol. The van der Waals surface area contributed by atoms with Crippen LogP contribution in [0.1, 0.15) is 40.2 Å². The molecule has 0 bridgehead atoms. The van der Waals surface area contributed by atoms with Gasteiger partial charge < -0.3 is 29.4 Å². The molecule has 2 aliphatic rings. The van der Waals surface area contributed by atoms with Gasteiger partial charge in [0.15, 0.2) is 0 Å². The molecular weight excluding hydrogens is 574 g/mol. The van der Waals surface area contributed by atoms with E-state index < -0.39 is 59.2 Å². The first-order chi connectivity index (χ1) is 20.5. The number of pyridine rings is 1. The van der Waals surface area contributed by atoms with Gasteiger partial charge in [-0.05, 0) is 61.6 Å². The van der Waals surface area contributed by atoms with Gasteiger partial charge in [-0.3, -0.25) is 14.4 Å². The summed E-state index contributed by atoms with van der Waals surface area (Å²) in [6, 6.07) is 6.65. The molecule has 3 atom stereocenters. The topological polar surface area (TPSA) is 110 Å². The molecule has 13 heteroatoms. The number of alkyl halides is 2. The van der Waals surface area contributed by atoms with E-state index in [-0.39, 0.29) is 41.8 Å². The van der Waals surface area contributed by atoms with Gasteiger partial charge in [-0.1, -0.05) is 0 Å². The molecule has 1 aliphatic heterocycles. The minimum absolute atomic E-state index is 0.00933. The first-order valence-electron chi connectivity index (χ1n) is 13.6. The van der Waals surface area contributed by atoms with E-state index in [0.29, 0.717) is 5.56 Å². The molecule has 1 saturated heterocycles. The second kappa shape index (κ2) is 12.1. The Kier molecular flexibility index (Phi) is 8.45. The Bertz CT molecular complexity index is 1570. The summed E-state index contributed by atoms with van der Waals surface area (Å²) < 4.78 is 66.2. The second-order valence-electron chi connectivity index (χ2n) is 10.6. The number of carbonyl (C=O) groups excluding carboxylic acids is 2. The molecule has 5 rings (SSSR count). The fraction of sp³-hybridized carbons (Fsp3) is 0.367. The highest BCUT2D eigenvalue weighted by atomic mass is 19.3. The predicted octanol–water partition coefficient (Wildman–Crippen LogP) is 3.74. The molecule has 1 aromatic heterocycles. The van der Waals surface area contributed by atoms with E-state index in [2.05, 4.69) is 10.1 Å². The Morgan fingerprint density at radius 2 is 1.72 bits per heavy atom. The van der Waals surface area contributed by atoms with Gasteiger partial charge in [0.1, 0.15) is 34.9 Å².